The Bertz CT molecular complexity index is 425. The van der Waals surface area contributed by atoms with Crippen molar-refractivity contribution in [1.29, 1.82) is 0 Å². The normalized spacial score (nSPS) is 16.5. The molecule has 1 aromatic rings. The third-order valence-electron chi connectivity index (χ3n) is 3.14. The minimum Gasteiger partial charge on any atom is -0.436 e. The van der Waals surface area contributed by atoms with Gasteiger partial charge in [-0.15, -0.1) is 0 Å². The molecule has 6 heteroatoms. The van der Waals surface area contributed by atoms with Gasteiger partial charge in [0.15, 0.2) is 5.89 Å². The number of hydrogen-bond acceptors (Lipinski definition) is 5. The second-order valence-electron chi connectivity index (χ2n) is 4.72. The lowest BCUT2D eigenvalue weighted by molar-refractivity contribution is 0.0341. The maximum atomic E-state index is 11.8. The molecule has 0 unspecified atom stereocenters. The fraction of sp³-hybridized carbons (Fsp3) is 0.692. The van der Waals surface area contributed by atoms with Crippen molar-refractivity contribution >= 4 is 5.91 Å². The molecular formula is C13H21N3O3. The van der Waals surface area contributed by atoms with Gasteiger partial charge < -0.3 is 19.8 Å². The van der Waals surface area contributed by atoms with E-state index in [0.29, 0.717) is 36.6 Å². The summed E-state index contributed by atoms with van der Waals surface area (Å²) in [6.07, 6.45) is 2.38. The van der Waals surface area contributed by atoms with Crippen molar-refractivity contribution in [2.24, 2.45) is 0 Å². The van der Waals surface area contributed by atoms with E-state index in [9.17, 15) is 4.79 Å². The second-order valence-corrected chi connectivity index (χ2v) is 4.72. The third-order valence-corrected chi connectivity index (χ3v) is 3.14. The summed E-state index contributed by atoms with van der Waals surface area (Å²) in [6, 6.07) is 0. The Labute approximate surface area is 112 Å². The fourth-order valence-electron chi connectivity index (χ4n) is 2.17. The lowest BCUT2D eigenvalue weighted by Gasteiger charge is -2.22. The molecule has 106 valence electrons. The summed E-state index contributed by atoms with van der Waals surface area (Å²) in [5, 5.41) is 6.06. The molecule has 2 N–H and O–H groups in total. The van der Waals surface area contributed by atoms with Crippen LogP contribution in [0.5, 0.6) is 0 Å². The van der Waals surface area contributed by atoms with Crippen molar-refractivity contribution in [3.8, 4) is 0 Å². The molecule has 19 heavy (non-hydrogen) atoms. The highest BCUT2D eigenvalue weighted by molar-refractivity contribution is 5.92. The summed E-state index contributed by atoms with van der Waals surface area (Å²) in [7, 11) is 0. The van der Waals surface area contributed by atoms with Gasteiger partial charge in [0, 0.05) is 13.5 Å². The van der Waals surface area contributed by atoms with Crippen LogP contribution < -0.4 is 10.6 Å². The smallest absolute Gasteiger partial charge is 0.289 e. The molecule has 1 aromatic heterocycles. The predicted octanol–water partition coefficient (Wildman–Crippen LogP) is 0.790. The Morgan fingerprint density at radius 2 is 2.21 bits per heavy atom. The molecule has 0 aromatic carbocycles. The number of amides is 1. The molecule has 0 saturated carbocycles. The summed E-state index contributed by atoms with van der Waals surface area (Å²) in [5.41, 5.74) is 0.620. The number of aromatic nitrogens is 1. The number of aryl methyl sites for hydroxylation is 2. The molecule has 0 atom stereocenters. The molecule has 0 bridgehead atoms. The molecule has 0 spiro atoms. The van der Waals surface area contributed by atoms with Gasteiger partial charge in [-0.2, -0.15) is 0 Å². The van der Waals surface area contributed by atoms with Gasteiger partial charge in [0.25, 0.3) is 5.91 Å². The highest BCUT2D eigenvalue weighted by Crippen LogP contribution is 2.09. The van der Waals surface area contributed by atoms with Crippen LogP contribution in [-0.2, 0) is 4.74 Å². The topological polar surface area (TPSA) is 76.4 Å². The lowest BCUT2D eigenvalue weighted by Crippen LogP contribution is -2.34. The summed E-state index contributed by atoms with van der Waals surface area (Å²) in [6.45, 7) is 6.52. The Hall–Kier alpha value is -1.40. The first-order chi connectivity index (χ1) is 9.16. The molecule has 2 rings (SSSR count). The molecule has 1 aliphatic rings. The van der Waals surface area contributed by atoms with Crippen LogP contribution in [0.3, 0.4) is 0 Å². The largest absolute Gasteiger partial charge is 0.436 e. The van der Waals surface area contributed by atoms with Crippen LogP contribution in [0.1, 0.15) is 35.0 Å². The zero-order valence-electron chi connectivity index (χ0n) is 11.5. The molecule has 0 aliphatic carbocycles. The van der Waals surface area contributed by atoms with Gasteiger partial charge in [-0.05, 0) is 32.9 Å². The first kappa shape index (κ1) is 14.0. The van der Waals surface area contributed by atoms with Crippen LogP contribution in [-0.4, -0.2) is 43.2 Å². The maximum absolute atomic E-state index is 11.8. The van der Waals surface area contributed by atoms with Crippen LogP contribution in [0.25, 0.3) is 0 Å². The van der Waals surface area contributed by atoms with Gasteiger partial charge in [0.1, 0.15) is 0 Å². The molecular weight excluding hydrogens is 246 g/mol. The quantitative estimate of drug-likeness (QED) is 0.771. The van der Waals surface area contributed by atoms with Crippen molar-refractivity contribution < 1.29 is 13.9 Å². The van der Waals surface area contributed by atoms with Gasteiger partial charge in [0.2, 0.25) is 5.76 Å². The van der Waals surface area contributed by atoms with E-state index in [4.69, 9.17) is 9.15 Å². The van der Waals surface area contributed by atoms with Gasteiger partial charge in [-0.3, -0.25) is 4.79 Å². The molecule has 1 amide bonds. The number of carbonyl (C=O) groups excluding carboxylic acids is 1. The number of hydrogen-bond donors (Lipinski definition) is 2. The number of nitrogens with zero attached hydrogens (tertiary/aromatic N) is 1. The van der Waals surface area contributed by atoms with Gasteiger partial charge >= 0.3 is 0 Å². The summed E-state index contributed by atoms with van der Waals surface area (Å²) in [4.78, 5) is 15.9. The lowest BCUT2D eigenvalue weighted by atomic mass is 10.1. The second kappa shape index (κ2) is 6.68. The number of oxazole rings is 1. The van der Waals surface area contributed by atoms with E-state index in [2.05, 4.69) is 15.6 Å². The SMILES string of the molecule is Cc1nc(C)c(C(=O)NCCOC2CCNCC2)o1. The van der Waals surface area contributed by atoms with Crippen LogP contribution in [0.15, 0.2) is 4.42 Å². The van der Waals surface area contributed by atoms with E-state index >= 15 is 0 Å². The van der Waals surface area contributed by atoms with E-state index in [-0.39, 0.29) is 5.91 Å². The molecule has 6 nitrogen and oxygen atoms in total. The van der Waals surface area contributed by atoms with Crippen molar-refractivity contribution in [2.75, 3.05) is 26.2 Å². The van der Waals surface area contributed by atoms with Crippen molar-refractivity contribution in [3.05, 3.63) is 17.3 Å². The van der Waals surface area contributed by atoms with Crippen LogP contribution in [0, 0.1) is 13.8 Å². The Morgan fingerprint density at radius 1 is 1.47 bits per heavy atom. The average Bonchev–Trinajstić information content (AvgIpc) is 2.75. The van der Waals surface area contributed by atoms with Crippen molar-refractivity contribution in [2.45, 2.75) is 32.8 Å². The highest BCUT2D eigenvalue weighted by Gasteiger charge is 2.16. The van der Waals surface area contributed by atoms with Gasteiger partial charge in [-0.1, -0.05) is 0 Å². The monoisotopic (exact) mass is 267 g/mol. The fourth-order valence-corrected chi connectivity index (χ4v) is 2.17. The van der Waals surface area contributed by atoms with E-state index in [0.717, 1.165) is 25.9 Å². The van der Waals surface area contributed by atoms with Crippen molar-refractivity contribution in [1.82, 2.24) is 15.6 Å². The van der Waals surface area contributed by atoms with Crippen molar-refractivity contribution in [3.63, 3.8) is 0 Å². The minimum absolute atomic E-state index is 0.230. The summed E-state index contributed by atoms with van der Waals surface area (Å²) >= 11 is 0. The Kier molecular flexibility index (Phi) is 4.93. The summed E-state index contributed by atoms with van der Waals surface area (Å²) in [5.74, 6) is 0.569. The number of ether oxygens (including phenoxy) is 1. The number of rotatable bonds is 5. The van der Waals surface area contributed by atoms with Crippen LogP contribution >= 0.6 is 0 Å². The van der Waals surface area contributed by atoms with E-state index < -0.39 is 0 Å². The first-order valence-corrected chi connectivity index (χ1v) is 6.71. The Balaban J connectivity index is 1.67. The Morgan fingerprint density at radius 3 is 2.84 bits per heavy atom. The first-order valence-electron chi connectivity index (χ1n) is 6.71. The van der Waals surface area contributed by atoms with E-state index in [1.165, 1.54) is 0 Å². The minimum atomic E-state index is -0.230. The molecule has 0 radical (unpaired) electrons. The number of carbonyl (C=O) groups is 1. The number of nitrogens with one attached hydrogen (secondary N) is 2. The standard InChI is InChI=1S/C13H21N3O3/c1-9-12(19-10(2)16-9)13(17)15-7-8-18-11-3-5-14-6-4-11/h11,14H,3-8H2,1-2H3,(H,15,17). The average molecular weight is 267 g/mol. The predicted molar refractivity (Wildman–Crippen MR) is 70.2 cm³/mol. The molecule has 2 heterocycles. The van der Waals surface area contributed by atoms with Crippen LogP contribution in [0.4, 0.5) is 0 Å². The third kappa shape index (κ3) is 4.04. The maximum Gasteiger partial charge on any atom is 0.289 e. The van der Waals surface area contributed by atoms with Gasteiger partial charge in [-0.25, -0.2) is 4.98 Å². The zero-order chi connectivity index (χ0) is 13.7. The molecule has 1 aliphatic heterocycles. The summed E-state index contributed by atoms with van der Waals surface area (Å²) < 4.78 is 11.0. The zero-order valence-corrected chi connectivity index (χ0v) is 11.5. The van der Waals surface area contributed by atoms with E-state index in [1.807, 2.05) is 0 Å². The molecule has 1 fully saturated rings. The van der Waals surface area contributed by atoms with Crippen LogP contribution in [0.2, 0.25) is 0 Å². The van der Waals surface area contributed by atoms with E-state index in [1.54, 1.807) is 13.8 Å². The highest BCUT2D eigenvalue weighted by atomic mass is 16.5. The molecule has 1 saturated heterocycles. The number of piperidine rings is 1. The van der Waals surface area contributed by atoms with Gasteiger partial charge in [0.05, 0.1) is 18.4 Å².